The summed E-state index contributed by atoms with van der Waals surface area (Å²) in [4.78, 5) is 23.6. The van der Waals surface area contributed by atoms with Crippen LogP contribution in [0.5, 0.6) is 0 Å². The van der Waals surface area contributed by atoms with Gasteiger partial charge in [-0.2, -0.15) is 0 Å². The fourth-order valence-corrected chi connectivity index (χ4v) is 3.92. The normalized spacial score (nSPS) is 13.3. The Morgan fingerprint density at radius 2 is 2.11 bits per heavy atom. The molecule has 0 saturated heterocycles. The lowest BCUT2D eigenvalue weighted by Crippen LogP contribution is -2.23. The molecule has 3 heterocycles. The van der Waals surface area contributed by atoms with E-state index in [1.807, 2.05) is 13.0 Å². The van der Waals surface area contributed by atoms with Crippen LogP contribution in [0.4, 0.5) is 0 Å². The van der Waals surface area contributed by atoms with Gasteiger partial charge < -0.3 is 15.1 Å². The van der Waals surface area contributed by atoms with Crippen LogP contribution in [0.3, 0.4) is 0 Å². The summed E-state index contributed by atoms with van der Waals surface area (Å²) in [5, 5.41) is 0.987. The predicted molar refractivity (Wildman–Crippen MR) is 102 cm³/mol. The van der Waals surface area contributed by atoms with Crippen molar-refractivity contribution < 1.29 is 9.21 Å². The van der Waals surface area contributed by atoms with Crippen molar-refractivity contribution >= 4 is 29.1 Å². The highest BCUT2D eigenvalue weighted by atomic mass is 35.5. The van der Waals surface area contributed by atoms with E-state index in [1.54, 1.807) is 23.2 Å². The van der Waals surface area contributed by atoms with Crippen molar-refractivity contribution in [1.29, 1.82) is 0 Å². The number of halogens is 2. The van der Waals surface area contributed by atoms with E-state index in [0.29, 0.717) is 33.7 Å². The first kappa shape index (κ1) is 18.0. The summed E-state index contributed by atoms with van der Waals surface area (Å²) in [7, 11) is 0. The van der Waals surface area contributed by atoms with Gasteiger partial charge in [-0.25, -0.2) is 4.98 Å². The van der Waals surface area contributed by atoms with Gasteiger partial charge in [0.05, 0.1) is 30.5 Å². The van der Waals surface area contributed by atoms with Gasteiger partial charge in [0.15, 0.2) is 0 Å². The second-order valence-corrected chi connectivity index (χ2v) is 7.13. The van der Waals surface area contributed by atoms with E-state index in [2.05, 4.69) is 9.97 Å². The Morgan fingerprint density at radius 1 is 1.30 bits per heavy atom. The number of nitrogens with zero attached hydrogens (tertiary/aromatic N) is 3. The number of benzene rings is 1. The minimum absolute atomic E-state index is 0.147. The molecule has 27 heavy (non-hydrogen) atoms. The van der Waals surface area contributed by atoms with E-state index >= 15 is 0 Å². The second-order valence-electron chi connectivity index (χ2n) is 6.29. The van der Waals surface area contributed by atoms with Crippen LogP contribution in [0.2, 0.25) is 10.0 Å². The lowest BCUT2D eigenvalue weighted by atomic mass is 9.93. The molecular formula is C19H16Cl2N4O2. The monoisotopic (exact) mass is 402 g/mol. The quantitative estimate of drug-likeness (QED) is 0.713. The molecule has 0 fully saturated rings. The first-order valence-electron chi connectivity index (χ1n) is 8.35. The van der Waals surface area contributed by atoms with Crippen molar-refractivity contribution in [2.75, 3.05) is 0 Å². The molecule has 138 valence electrons. The van der Waals surface area contributed by atoms with E-state index in [4.69, 9.17) is 33.4 Å². The smallest absolute Gasteiger partial charge is 0.257 e. The number of nitrogens with two attached hydrogens (primary N) is 1. The average molecular weight is 403 g/mol. The fraction of sp³-hybridized carbons (Fsp3) is 0.211. The summed E-state index contributed by atoms with van der Waals surface area (Å²) >= 11 is 12.5. The number of fused-ring (bicyclic) bond motifs is 1. The maximum Gasteiger partial charge on any atom is 0.257 e. The highest BCUT2D eigenvalue weighted by molar-refractivity contribution is 6.36. The molecule has 0 spiro atoms. The Kier molecular flexibility index (Phi) is 4.63. The summed E-state index contributed by atoms with van der Waals surface area (Å²) in [6, 6.07) is 5.21. The van der Waals surface area contributed by atoms with Gasteiger partial charge in [-0.05, 0) is 24.6 Å². The predicted octanol–water partition coefficient (Wildman–Crippen LogP) is 3.97. The number of hydrogen-bond donors (Lipinski definition) is 1. The summed E-state index contributed by atoms with van der Waals surface area (Å²) < 4.78 is 5.28. The lowest BCUT2D eigenvalue weighted by molar-refractivity contribution is 0.0752. The number of oxazole rings is 1. The fourth-order valence-electron chi connectivity index (χ4n) is 3.42. The molecule has 1 aliphatic heterocycles. The Labute approximate surface area is 165 Å². The molecule has 3 aromatic rings. The number of amides is 1. The number of aryl methyl sites for hydroxylation is 1. The number of carbonyl (C=O) groups is 1. The second kappa shape index (κ2) is 6.96. The number of aromatic nitrogens is 2. The minimum Gasteiger partial charge on any atom is -0.447 e. The van der Waals surface area contributed by atoms with Crippen LogP contribution in [0.1, 0.15) is 33.2 Å². The molecule has 0 unspecified atom stereocenters. The van der Waals surface area contributed by atoms with Crippen LogP contribution >= 0.6 is 23.2 Å². The first-order chi connectivity index (χ1) is 13.0. The molecule has 6 nitrogen and oxygen atoms in total. The largest absolute Gasteiger partial charge is 0.447 e. The zero-order valence-corrected chi connectivity index (χ0v) is 16.0. The molecule has 1 aromatic carbocycles. The third kappa shape index (κ3) is 3.10. The molecule has 4 rings (SSSR count). The minimum atomic E-state index is -0.147. The molecule has 0 bridgehead atoms. The van der Waals surface area contributed by atoms with E-state index in [0.717, 1.165) is 22.4 Å². The van der Waals surface area contributed by atoms with Crippen LogP contribution in [0.25, 0.3) is 11.1 Å². The van der Waals surface area contributed by atoms with Crippen molar-refractivity contribution in [2.45, 2.75) is 26.6 Å². The van der Waals surface area contributed by atoms with Crippen LogP contribution in [0, 0.1) is 6.92 Å². The standard InChI is InChI=1S/C19H16Cl2N4O2/c1-10-13(7-22)17(12-3-2-11(20)6-14(12)21)18-15(24-10)8-25(19(18)26)9-16-23-4-5-27-16/h2-6H,7-9,22H2,1H3. The van der Waals surface area contributed by atoms with Crippen LogP contribution in [-0.2, 0) is 19.6 Å². The lowest BCUT2D eigenvalue weighted by Gasteiger charge is -2.16. The SMILES string of the molecule is Cc1nc2c(c(-c3ccc(Cl)cc3Cl)c1CN)C(=O)N(Cc1ncco1)C2. The van der Waals surface area contributed by atoms with Gasteiger partial charge in [-0.1, -0.05) is 29.3 Å². The third-order valence-electron chi connectivity index (χ3n) is 4.64. The molecule has 1 aliphatic rings. The zero-order chi connectivity index (χ0) is 19.1. The Bertz CT molecular complexity index is 1030. The zero-order valence-electron chi connectivity index (χ0n) is 14.5. The van der Waals surface area contributed by atoms with Crippen LogP contribution < -0.4 is 5.73 Å². The summed E-state index contributed by atoms with van der Waals surface area (Å²) in [5.41, 5.74) is 10.2. The van der Waals surface area contributed by atoms with Crippen molar-refractivity contribution in [3.63, 3.8) is 0 Å². The molecule has 0 aliphatic carbocycles. The Morgan fingerprint density at radius 3 is 2.78 bits per heavy atom. The van der Waals surface area contributed by atoms with Crippen LogP contribution in [-0.4, -0.2) is 20.8 Å². The molecule has 1 amide bonds. The Balaban J connectivity index is 1.87. The van der Waals surface area contributed by atoms with E-state index in [9.17, 15) is 4.79 Å². The van der Waals surface area contributed by atoms with Gasteiger partial charge >= 0.3 is 0 Å². The number of pyridine rings is 1. The van der Waals surface area contributed by atoms with E-state index in [-0.39, 0.29) is 19.0 Å². The molecule has 0 saturated carbocycles. The molecule has 8 heteroatoms. The first-order valence-corrected chi connectivity index (χ1v) is 9.10. The Hall–Kier alpha value is -2.41. The number of carbonyl (C=O) groups excluding carboxylic acids is 1. The number of hydrogen-bond acceptors (Lipinski definition) is 5. The van der Waals surface area contributed by atoms with Crippen LogP contribution in [0.15, 0.2) is 35.1 Å². The molecular weight excluding hydrogens is 387 g/mol. The van der Waals surface area contributed by atoms with Gasteiger partial charge in [-0.15, -0.1) is 0 Å². The molecule has 2 aromatic heterocycles. The van der Waals surface area contributed by atoms with Gasteiger partial charge in [0.25, 0.3) is 5.91 Å². The molecule has 0 atom stereocenters. The van der Waals surface area contributed by atoms with Gasteiger partial charge in [0.1, 0.15) is 6.26 Å². The van der Waals surface area contributed by atoms with Crippen molar-refractivity contribution in [3.05, 3.63) is 69.1 Å². The molecule has 0 radical (unpaired) electrons. The highest BCUT2D eigenvalue weighted by Crippen LogP contribution is 2.40. The summed E-state index contributed by atoms with van der Waals surface area (Å²) in [6.07, 6.45) is 3.04. The average Bonchev–Trinajstić information content (AvgIpc) is 3.23. The summed E-state index contributed by atoms with van der Waals surface area (Å²) in [6.45, 7) is 2.78. The van der Waals surface area contributed by atoms with Crippen molar-refractivity contribution in [2.24, 2.45) is 5.73 Å². The van der Waals surface area contributed by atoms with E-state index < -0.39 is 0 Å². The number of rotatable bonds is 4. The maximum absolute atomic E-state index is 13.2. The van der Waals surface area contributed by atoms with Gasteiger partial charge in [-0.3, -0.25) is 9.78 Å². The summed E-state index contributed by atoms with van der Waals surface area (Å²) in [5.74, 6) is 0.324. The highest BCUT2D eigenvalue weighted by Gasteiger charge is 2.34. The molecule has 2 N–H and O–H groups in total. The van der Waals surface area contributed by atoms with Crippen molar-refractivity contribution in [3.8, 4) is 11.1 Å². The third-order valence-corrected chi connectivity index (χ3v) is 5.18. The van der Waals surface area contributed by atoms with E-state index in [1.165, 1.54) is 6.26 Å². The maximum atomic E-state index is 13.2. The van der Waals surface area contributed by atoms with Crippen molar-refractivity contribution in [1.82, 2.24) is 14.9 Å². The topological polar surface area (TPSA) is 85.2 Å². The van der Waals surface area contributed by atoms with Gasteiger partial charge in [0.2, 0.25) is 5.89 Å². The van der Waals surface area contributed by atoms with Gasteiger partial charge in [0, 0.05) is 33.4 Å².